The number of rotatable bonds is 7. The monoisotopic (exact) mass is 484 g/mol. The van der Waals surface area contributed by atoms with Crippen molar-refractivity contribution in [2.45, 2.75) is 6.54 Å². The fourth-order valence-electron chi connectivity index (χ4n) is 4.45. The Balaban J connectivity index is 1.88. The summed E-state index contributed by atoms with van der Waals surface area (Å²) in [4.78, 5) is 23.8. The smallest absolute Gasteiger partial charge is 0.341 e. The van der Waals surface area contributed by atoms with Crippen LogP contribution in [0, 0.1) is 0 Å². The lowest BCUT2D eigenvalue weighted by Gasteiger charge is -2.12. The number of carbonyl (C=O) groups excluding carboxylic acids is 1. The van der Waals surface area contributed by atoms with Gasteiger partial charge in [-0.2, -0.15) is 0 Å². The van der Waals surface area contributed by atoms with Crippen LogP contribution in [-0.2, 0) is 11.3 Å². The van der Waals surface area contributed by atoms with Crippen LogP contribution < -0.4 is 10.5 Å². The highest BCUT2D eigenvalue weighted by Gasteiger charge is 2.22. The van der Waals surface area contributed by atoms with Crippen molar-refractivity contribution in [2.24, 2.45) is 5.73 Å². The molecule has 5 aromatic rings. The second-order valence-corrected chi connectivity index (χ2v) is 8.57. The second-order valence-electron chi connectivity index (χ2n) is 8.16. The first-order chi connectivity index (χ1) is 16.9. The average Bonchev–Trinajstić information content (AvgIpc) is 3.18. The number of primary amides is 1. The summed E-state index contributed by atoms with van der Waals surface area (Å²) >= 11 is 6.49. The number of aliphatic carboxylic acids is 1. The van der Waals surface area contributed by atoms with Crippen molar-refractivity contribution in [3.63, 3.8) is 0 Å². The van der Waals surface area contributed by atoms with E-state index in [9.17, 15) is 14.7 Å². The van der Waals surface area contributed by atoms with Crippen LogP contribution in [0.1, 0.15) is 15.9 Å². The van der Waals surface area contributed by atoms with Crippen LogP contribution in [0.3, 0.4) is 0 Å². The Morgan fingerprint density at radius 2 is 1.60 bits per heavy atom. The molecule has 0 aliphatic carbocycles. The van der Waals surface area contributed by atoms with E-state index in [1.54, 1.807) is 18.2 Å². The van der Waals surface area contributed by atoms with Gasteiger partial charge in [-0.3, -0.25) is 4.79 Å². The van der Waals surface area contributed by atoms with Crippen LogP contribution >= 0.6 is 11.6 Å². The third-order valence-electron chi connectivity index (χ3n) is 5.97. The molecule has 1 heterocycles. The first kappa shape index (κ1) is 22.5. The Bertz CT molecular complexity index is 1590. The normalized spacial score (nSPS) is 11.1. The van der Waals surface area contributed by atoms with Gasteiger partial charge in [0.1, 0.15) is 5.75 Å². The molecule has 4 aromatic carbocycles. The highest BCUT2D eigenvalue weighted by atomic mass is 35.5. The number of aromatic nitrogens is 1. The molecule has 0 aliphatic rings. The van der Waals surface area contributed by atoms with E-state index >= 15 is 0 Å². The Hall–Kier alpha value is -4.29. The van der Waals surface area contributed by atoms with Crippen molar-refractivity contribution in [1.29, 1.82) is 0 Å². The summed E-state index contributed by atoms with van der Waals surface area (Å²) in [5.74, 6) is -1.32. The van der Waals surface area contributed by atoms with E-state index in [1.165, 1.54) is 0 Å². The van der Waals surface area contributed by atoms with E-state index in [4.69, 9.17) is 22.1 Å². The van der Waals surface area contributed by atoms with Gasteiger partial charge in [-0.25, -0.2) is 4.79 Å². The van der Waals surface area contributed by atoms with E-state index in [-0.39, 0.29) is 0 Å². The molecule has 7 heteroatoms. The van der Waals surface area contributed by atoms with Crippen LogP contribution in [-0.4, -0.2) is 28.2 Å². The molecule has 0 radical (unpaired) electrons. The maximum atomic E-state index is 12.4. The van der Waals surface area contributed by atoms with Gasteiger partial charge < -0.3 is 20.1 Å². The summed E-state index contributed by atoms with van der Waals surface area (Å²) in [6, 6.07) is 26.5. The van der Waals surface area contributed by atoms with Crippen LogP contribution in [0.15, 0.2) is 84.9 Å². The quantitative estimate of drug-likeness (QED) is 0.308. The average molecular weight is 485 g/mol. The van der Waals surface area contributed by atoms with Crippen LogP contribution in [0.2, 0.25) is 5.02 Å². The molecule has 0 unspecified atom stereocenters. The zero-order valence-electron chi connectivity index (χ0n) is 18.6. The Morgan fingerprint density at radius 3 is 2.31 bits per heavy atom. The van der Waals surface area contributed by atoms with Gasteiger partial charge >= 0.3 is 5.97 Å². The molecular formula is C28H21ClN2O4. The molecule has 0 atom stereocenters. The summed E-state index contributed by atoms with van der Waals surface area (Å²) in [7, 11) is 0. The Labute approximate surface area is 206 Å². The van der Waals surface area contributed by atoms with Crippen LogP contribution in [0.4, 0.5) is 0 Å². The molecule has 6 nitrogen and oxygen atoms in total. The number of hydrogen-bond donors (Lipinski definition) is 2. The molecule has 1 amide bonds. The van der Waals surface area contributed by atoms with E-state index in [0.29, 0.717) is 33.7 Å². The Morgan fingerprint density at radius 1 is 0.857 bits per heavy atom. The molecular weight excluding hydrogens is 464 g/mol. The third kappa shape index (κ3) is 4.20. The Kier molecular flexibility index (Phi) is 5.89. The van der Waals surface area contributed by atoms with Crippen molar-refractivity contribution in [1.82, 2.24) is 4.57 Å². The molecule has 35 heavy (non-hydrogen) atoms. The predicted octanol–water partition coefficient (Wildman–Crippen LogP) is 5.73. The lowest BCUT2D eigenvalue weighted by molar-refractivity contribution is -0.139. The molecule has 3 N–H and O–H groups in total. The van der Waals surface area contributed by atoms with Crippen molar-refractivity contribution in [3.05, 3.63) is 101 Å². The molecule has 174 valence electrons. The van der Waals surface area contributed by atoms with Crippen molar-refractivity contribution in [3.8, 4) is 16.9 Å². The minimum Gasteiger partial charge on any atom is -0.481 e. The summed E-state index contributed by atoms with van der Waals surface area (Å²) in [5.41, 5.74) is 10.3. The molecule has 5 rings (SSSR count). The number of nitrogens with zero attached hydrogens (tertiary/aromatic N) is 1. The summed E-state index contributed by atoms with van der Waals surface area (Å²) in [6.45, 7) is -0.0955. The van der Waals surface area contributed by atoms with E-state index < -0.39 is 18.5 Å². The second kappa shape index (κ2) is 9.16. The lowest BCUT2D eigenvalue weighted by atomic mass is 10.0. The van der Waals surface area contributed by atoms with Gasteiger partial charge in [0.25, 0.3) is 0 Å². The zero-order valence-corrected chi connectivity index (χ0v) is 19.3. The number of carboxylic acids is 1. The van der Waals surface area contributed by atoms with Gasteiger partial charge in [0.15, 0.2) is 6.61 Å². The topological polar surface area (TPSA) is 94.6 Å². The molecule has 1 aromatic heterocycles. The SMILES string of the molecule is NC(=O)c1cccc2c1c1c(OCC(=O)O)cc(-c3ccccc3)cc1n2Cc1ccccc1Cl. The minimum absolute atomic E-state index is 0.332. The maximum absolute atomic E-state index is 12.4. The zero-order chi connectivity index (χ0) is 24.5. The number of halogens is 1. The molecule has 0 saturated carbocycles. The van der Waals surface area contributed by atoms with Gasteiger partial charge in [0, 0.05) is 22.5 Å². The summed E-state index contributed by atoms with van der Waals surface area (Å²) in [5, 5.41) is 11.2. The highest BCUT2D eigenvalue weighted by Crippen LogP contribution is 2.41. The van der Waals surface area contributed by atoms with E-state index in [1.807, 2.05) is 66.7 Å². The molecule has 0 bridgehead atoms. The summed E-state index contributed by atoms with van der Waals surface area (Å²) in [6.07, 6.45) is 0. The summed E-state index contributed by atoms with van der Waals surface area (Å²) < 4.78 is 7.84. The molecule has 0 saturated heterocycles. The van der Waals surface area contributed by atoms with Gasteiger partial charge in [-0.1, -0.05) is 66.2 Å². The largest absolute Gasteiger partial charge is 0.481 e. The standard InChI is InChI=1S/C28H21ClN2O4/c29-21-11-5-4-9-18(21)15-31-22-12-6-10-20(28(30)34)26(22)27-23(31)13-19(17-7-2-1-3-8-17)14-24(27)35-16-25(32)33/h1-14H,15-16H2,(H2,30,34)(H,32,33). The number of fused-ring (bicyclic) bond motifs is 3. The first-order valence-corrected chi connectivity index (χ1v) is 11.3. The van der Waals surface area contributed by atoms with Gasteiger partial charge in [0.2, 0.25) is 5.91 Å². The molecule has 0 spiro atoms. The number of hydrogen-bond acceptors (Lipinski definition) is 3. The fraction of sp³-hybridized carbons (Fsp3) is 0.0714. The fourth-order valence-corrected chi connectivity index (χ4v) is 4.64. The maximum Gasteiger partial charge on any atom is 0.341 e. The lowest BCUT2D eigenvalue weighted by Crippen LogP contribution is -2.11. The number of carboxylic acid groups (broad SMARTS) is 1. The number of nitrogens with two attached hydrogens (primary N) is 1. The number of benzene rings is 4. The van der Waals surface area contributed by atoms with Crippen molar-refractivity contribution >= 4 is 45.3 Å². The number of carbonyl (C=O) groups is 2. The minimum atomic E-state index is -1.10. The highest BCUT2D eigenvalue weighted by molar-refractivity contribution is 6.31. The van der Waals surface area contributed by atoms with Crippen LogP contribution in [0.25, 0.3) is 32.9 Å². The van der Waals surface area contributed by atoms with Crippen LogP contribution in [0.5, 0.6) is 5.75 Å². The molecule has 0 aliphatic heterocycles. The van der Waals surface area contributed by atoms with Gasteiger partial charge in [-0.15, -0.1) is 0 Å². The number of amides is 1. The van der Waals surface area contributed by atoms with Gasteiger partial charge in [-0.05, 0) is 47.0 Å². The first-order valence-electron chi connectivity index (χ1n) is 11.0. The van der Waals surface area contributed by atoms with Crippen molar-refractivity contribution < 1.29 is 19.4 Å². The van der Waals surface area contributed by atoms with E-state index in [2.05, 4.69) is 4.57 Å². The van der Waals surface area contributed by atoms with E-state index in [0.717, 1.165) is 27.7 Å². The van der Waals surface area contributed by atoms with Crippen molar-refractivity contribution in [2.75, 3.05) is 6.61 Å². The number of ether oxygens (including phenoxy) is 1. The molecule has 0 fully saturated rings. The van der Waals surface area contributed by atoms with Gasteiger partial charge in [0.05, 0.1) is 16.4 Å². The predicted molar refractivity (Wildman–Crippen MR) is 137 cm³/mol. The third-order valence-corrected chi connectivity index (χ3v) is 6.33.